The van der Waals surface area contributed by atoms with E-state index in [-0.39, 0.29) is 0 Å². The molecular weight excluding hydrogens is 809 g/mol. The Kier molecular flexibility index (Phi) is 58.9. The summed E-state index contributed by atoms with van der Waals surface area (Å²) in [5.74, 6) is 1.96. The van der Waals surface area contributed by atoms with Crippen LogP contribution in [0, 0.1) is 5.92 Å². The summed E-state index contributed by atoms with van der Waals surface area (Å²) in [5, 5.41) is 8.86. The zero-order valence-electron chi connectivity index (χ0n) is 44.5. The van der Waals surface area contributed by atoms with E-state index >= 15 is 0 Å². The van der Waals surface area contributed by atoms with E-state index < -0.39 is 0 Å². The summed E-state index contributed by atoms with van der Waals surface area (Å²) in [6.45, 7) is 41.1. The van der Waals surface area contributed by atoms with Gasteiger partial charge >= 0.3 is 0 Å². The molecule has 10 rings (SSSR count). The van der Waals surface area contributed by atoms with Crippen molar-refractivity contribution < 1.29 is 4.42 Å². The zero-order valence-corrected chi connectivity index (χ0v) is 46.1. The van der Waals surface area contributed by atoms with E-state index in [1.54, 1.807) is 28.2 Å². The number of thiazole rings is 1. The predicted octanol–water partition coefficient (Wildman–Crippen LogP) is 20.1. The number of thiophene rings is 1. The monoisotopic (exact) mass is 907 g/mol. The average molecular weight is 908 g/mol. The van der Waals surface area contributed by atoms with E-state index in [2.05, 4.69) is 98.0 Å². The Morgan fingerprint density at radius 3 is 1.65 bits per heavy atom. The molecule has 2 aromatic carbocycles. The van der Waals surface area contributed by atoms with Crippen LogP contribution in [-0.2, 0) is 25.8 Å². The maximum absolute atomic E-state index is 5.06. The molecule has 0 bridgehead atoms. The van der Waals surface area contributed by atoms with Gasteiger partial charge < -0.3 is 4.42 Å². The summed E-state index contributed by atoms with van der Waals surface area (Å²) < 4.78 is 8.49. The van der Waals surface area contributed by atoms with Crippen LogP contribution in [0.3, 0.4) is 0 Å². The third-order valence-corrected chi connectivity index (χ3v) is 10.0. The number of benzene rings is 2. The summed E-state index contributed by atoms with van der Waals surface area (Å²) in [6.07, 6.45) is 21.7. The van der Waals surface area contributed by atoms with Crippen molar-refractivity contribution in [2.45, 2.75) is 203 Å². The molecular formula is C56H98N4OS2. The van der Waals surface area contributed by atoms with Crippen molar-refractivity contribution in [1.82, 2.24) is 19.7 Å². The third-order valence-electron chi connectivity index (χ3n) is 8.13. The molecule has 1 saturated carbocycles. The number of nitrogens with zero attached hydrogens (tertiary/aromatic N) is 4. The molecule has 5 heterocycles. The number of hydrogen-bond donors (Lipinski definition) is 0. The van der Waals surface area contributed by atoms with Gasteiger partial charge in [-0.1, -0.05) is 211 Å². The highest BCUT2D eigenvalue weighted by Gasteiger charge is 2.19. The number of hydrogen-bond acceptors (Lipinski definition) is 6. The molecule has 6 aromatic rings. The van der Waals surface area contributed by atoms with E-state index in [4.69, 9.17) is 4.42 Å². The van der Waals surface area contributed by atoms with Gasteiger partial charge in [-0.15, -0.1) is 22.7 Å². The fraction of sp³-hybridized carbons (Fsp3) is 0.554. The summed E-state index contributed by atoms with van der Waals surface area (Å²) in [5.41, 5.74) is 7.26. The Morgan fingerprint density at radius 1 is 0.571 bits per heavy atom. The quantitative estimate of drug-likeness (QED) is 0.152. The zero-order chi connectivity index (χ0) is 49.1. The first-order valence-electron chi connectivity index (χ1n) is 25.3. The smallest absolute Gasteiger partial charge is 0.181 e. The van der Waals surface area contributed by atoms with Crippen molar-refractivity contribution in [2.24, 2.45) is 5.92 Å². The average Bonchev–Trinajstić information content (AvgIpc) is 4.26. The van der Waals surface area contributed by atoms with Crippen LogP contribution in [0.4, 0.5) is 0 Å². The van der Waals surface area contributed by atoms with Crippen LogP contribution in [0.1, 0.15) is 194 Å². The predicted molar refractivity (Wildman–Crippen MR) is 293 cm³/mol. The van der Waals surface area contributed by atoms with E-state index in [1.165, 1.54) is 77.5 Å². The molecule has 7 heteroatoms. The van der Waals surface area contributed by atoms with Crippen molar-refractivity contribution in [2.75, 3.05) is 0 Å². The van der Waals surface area contributed by atoms with E-state index in [0.717, 1.165) is 36.6 Å². The Balaban J connectivity index is -0.000000203. The second-order valence-electron chi connectivity index (χ2n) is 11.0. The van der Waals surface area contributed by atoms with Crippen LogP contribution in [-0.4, -0.2) is 19.7 Å². The fourth-order valence-corrected chi connectivity index (χ4v) is 7.42. The van der Waals surface area contributed by atoms with Gasteiger partial charge in [-0.3, -0.25) is 4.68 Å². The molecule has 63 heavy (non-hydrogen) atoms. The highest BCUT2D eigenvalue weighted by Crippen LogP contribution is 2.35. The number of rotatable bonds is 0. The van der Waals surface area contributed by atoms with E-state index in [1.807, 2.05) is 156 Å². The van der Waals surface area contributed by atoms with Crippen LogP contribution >= 0.6 is 22.7 Å². The lowest BCUT2D eigenvalue weighted by molar-refractivity contribution is 0.486. The molecule has 360 valence electrons. The number of aromatic nitrogens is 4. The molecule has 3 aliphatic carbocycles. The Hall–Kier alpha value is -3.81. The fourth-order valence-electron chi connectivity index (χ4n) is 5.83. The Morgan fingerprint density at radius 2 is 1.14 bits per heavy atom. The van der Waals surface area contributed by atoms with Gasteiger partial charge in [0.1, 0.15) is 9.77 Å². The van der Waals surface area contributed by atoms with Crippen LogP contribution in [0.2, 0.25) is 0 Å². The SMILES string of the molecule is C1=CC2CCCC2=C1.CC.CC.CC.CC.CC.CC.CC.CC.CC.CC.c1cc2n(n1)CCCC2.c1cc2ncsc2s1.c1ccc2ccccc2c1.c1nc2c(o1)CCC2. The first-order valence-corrected chi connectivity index (χ1v) is 27.1. The molecule has 1 atom stereocenters. The third kappa shape index (κ3) is 29.3. The lowest BCUT2D eigenvalue weighted by Crippen LogP contribution is -2.10. The van der Waals surface area contributed by atoms with Crippen molar-refractivity contribution in [3.8, 4) is 0 Å². The van der Waals surface area contributed by atoms with Crippen molar-refractivity contribution in [1.29, 1.82) is 0 Å². The summed E-state index contributed by atoms with van der Waals surface area (Å²) in [6, 6.07) is 20.9. The lowest BCUT2D eigenvalue weighted by atomic mass is 10.1. The highest BCUT2D eigenvalue weighted by molar-refractivity contribution is 7.36. The standard InChI is InChI=1S/C10H8.C8H10.C7H10N2.C6H7NO.C5H3NS2.10C2H6/c1-2-6-10-8-4-3-7-9(10)5-1;1-3-7-5-2-6-8(7)4-1;1-2-6-9-7(3-1)4-5-8-9;1-2-5-6(3-1)8-4-7-5;1-2-7-5-4(1)6-3-8-5;10*1-2/h1-8H;1,3-4,7H,2,5-6H2;4-5H,1-3,6H2;4H,1-3H2;1-3H;10*1-2H3. The first kappa shape index (κ1) is 68.3. The van der Waals surface area contributed by atoms with Gasteiger partial charge in [-0.25, -0.2) is 9.97 Å². The molecule has 4 aromatic heterocycles. The van der Waals surface area contributed by atoms with Gasteiger partial charge in [0.15, 0.2) is 6.39 Å². The van der Waals surface area contributed by atoms with Crippen LogP contribution < -0.4 is 0 Å². The van der Waals surface area contributed by atoms with Crippen molar-refractivity contribution in [3.63, 3.8) is 0 Å². The lowest BCUT2D eigenvalue weighted by Gasteiger charge is -2.11. The molecule has 1 fully saturated rings. The minimum absolute atomic E-state index is 0.856. The normalized spacial score (nSPS) is 12.6. The molecule has 0 amide bonds. The molecule has 1 unspecified atom stereocenters. The van der Waals surface area contributed by atoms with Crippen LogP contribution in [0.15, 0.2) is 112 Å². The van der Waals surface area contributed by atoms with Crippen molar-refractivity contribution >= 4 is 43.0 Å². The molecule has 0 saturated heterocycles. The van der Waals surface area contributed by atoms with E-state index in [0.29, 0.717) is 0 Å². The first-order chi connectivity index (χ1) is 31.3. The Bertz CT molecular complexity index is 1620. The van der Waals surface area contributed by atoms with Gasteiger partial charge in [0, 0.05) is 24.9 Å². The second-order valence-corrected chi connectivity index (χ2v) is 13.0. The van der Waals surface area contributed by atoms with Gasteiger partial charge in [-0.05, 0) is 85.6 Å². The maximum atomic E-state index is 5.06. The van der Waals surface area contributed by atoms with Gasteiger partial charge in [0.05, 0.1) is 16.7 Å². The number of oxazole rings is 1. The minimum Gasteiger partial charge on any atom is -0.448 e. The number of fused-ring (bicyclic) bond motifs is 5. The van der Waals surface area contributed by atoms with E-state index in [9.17, 15) is 0 Å². The molecule has 4 aliphatic rings. The Labute approximate surface area is 399 Å². The minimum atomic E-state index is 0.856. The largest absolute Gasteiger partial charge is 0.448 e. The topological polar surface area (TPSA) is 56.7 Å². The molecule has 0 radical (unpaired) electrons. The molecule has 0 spiro atoms. The molecule has 0 N–H and O–H groups in total. The second kappa shape index (κ2) is 54.3. The van der Waals surface area contributed by atoms with Gasteiger partial charge in [0.2, 0.25) is 0 Å². The molecule has 5 nitrogen and oxygen atoms in total. The number of aryl methyl sites for hydroxylation is 4. The van der Waals surface area contributed by atoms with Gasteiger partial charge in [0.25, 0.3) is 0 Å². The summed E-state index contributed by atoms with van der Waals surface area (Å²) in [4.78, 5) is 8.14. The number of allylic oxidation sites excluding steroid dienone is 4. The van der Waals surface area contributed by atoms with Crippen LogP contribution in [0.5, 0.6) is 0 Å². The summed E-state index contributed by atoms with van der Waals surface area (Å²) >= 11 is 3.45. The van der Waals surface area contributed by atoms with Crippen molar-refractivity contribution in [3.05, 3.63) is 125 Å². The van der Waals surface area contributed by atoms with Gasteiger partial charge in [-0.2, -0.15) is 5.10 Å². The maximum Gasteiger partial charge on any atom is 0.181 e. The summed E-state index contributed by atoms with van der Waals surface area (Å²) in [7, 11) is 0. The van der Waals surface area contributed by atoms with Crippen LogP contribution in [0.25, 0.3) is 20.3 Å². The molecule has 1 aliphatic heterocycles. The highest BCUT2D eigenvalue weighted by atomic mass is 32.2.